The van der Waals surface area contributed by atoms with Crippen molar-refractivity contribution in [1.82, 2.24) is 15.1 Å². The molecule has 7 nitrogen and oxygen atoms in total. The van der Waals surface area contributed by atoms with Crippen molar-refractivity contribution in [3.63, 3.8) is 0 Å². The molecule has 1 aliphatic heterocycles. The van der Waals surface area contributed by atoms with Crippen molar-refractivity contribution in [2.45, 2.75) is 111 Å². The van der Waals surface area contributed by atoms with E-state index in [0.29, 0.717) is 24.5 Å². The van der Waals surface area contributed by atoms with Gasteiger partial charge in [-0.2, -0.15) is 5.10 Å². The number of aromatic nitrogens is 2. The number of aliphatic hydroxyl groups is 1. The molecule has 0 amide bonds. The highest BCUT2D eigenvalue weighted by Gasteiger charge is 2.68. The Morgan fingerprint density at radius 2 is 1.95 bits per heavy atom. The summed E-state index contributed by atoms with van der Waals surface area (Å²) in [6.07, 6.45) is 9.82. The molecule has 2 heterocycles. The lowest BCUT2D eigenvalue weighted by atomic mass is 9.43. The highest BCUT2D eigenvalue weighted by molar-refractivity contribution is 5.85. The molecule has 0 radical (unpaired) electrons. The van der Waals surface area contributed by atoms with Gasteiger partial charge in [0.1, 0.15) is 18.4 Å². The fraction of sp³-hybridized carbons (Fsp3) is 0.833. The van der Waals surface area contributed by atoms with Crippen LogP contribution in [0.25, 0.3) is 0 Å². The van der Waals surface area contributed by atoms with Gasteiger partial charge in [-0.15, -0.1) is 0 Å². The third kappa shape index (κ3) is 4.28. The van der Waals surface area contributed by atoms with E-state index in [1.165, 1.54) is 5.56 Å². The van der Waals surface area contributed by atoms with Crippen LogP contribution in [0.15, 0.2) is 12.4 Å². The highest BCUT2D eigenvalue weighted by Crippen LogP contribution is 2.68. The van der Waals surface area contributed by atoms with Crippen molar-refractivity contribution in [2.24, 2.45) is 34.0 Å². The van der Waals surface area contributed by atoms with Gasteiger partial charge in [0.05, 0.1) is 12.3 Å². The van der Waals surface area contributed by atoms with Gasteiger partial charge in [0.25, 0.3) is 0 Å². The summed E-state index contributed by atoms with van der Waals surface area (Å²) in [5, 5.41) is 19.6. The number of ether oxygens (including phenoxy) is 1. The SMILES string of the molecule is CC[C@]1(C)C[C@@H](OC(=O)Cn2cc(C3CCNCC3)cn2)[C@]2(C)[C@H](C)CC[C@]3(CCC(=O)[C@H]32)[C@@H](C)[C@@H]1O. The zero-order chi connectivity index (χ0) is 26.6. The molecular formula is C30H47N3O4. The Kier molecular flexibility index (Phi) is 7.10. The van der Waals surface area contributed by atoms with Crippen LogP contribution in [0.3, 0.4) is 0 Å². The molecule has 3 aliphatic carbocycles. The number of hydrogen-bond acceptors (Lipinski definition) is 6. The molecule has 0 unspecified atom stereocenters. The first-order valence-corrected chi connectivity index (χ1v) is 14.7. The van der Waals surface area contributed by atoms with Crippen LogP contribution in [0.2, 0.25) is 0 Å². The standard InChI is InChI=1S/C30H47N3O4/c1-6-28(4)15-24(37-25(35)18-33-17-22(16-32-33)21-9-13-31-14-10-21)29(5)19(2)7-11-30(20(3)27(28)36)12-8-23(34)26(29)30/h16-17,19-21,24,26-27,31,36H,6-15,18H2,1-5H3/t19-,20+,24-,26+,27+,28-,29+,30+/m1/s1. The van der Waals surface area contributed by atoms with Crippen LogP contribution in [-0.4, -0.2) is 51.9 Å². The van der Waals surface area contributed by atoms with E-state index in [4.69, 9.17) is 4.74 Å². The summed E-state index contributed by atoms with van der Waals surface area (Å²) in [5.74, 6) is 0.590. The first-order valence-electron chi connectivity index (χ1n) is 14.7. The fourth-order valence-electron chi connectivity index (χ4n) is 8.87. The van der Waals surface area contributed by atoms with Crippen LogP contribution in [0.1, 0.15) is 97.5 Å². The second-order valence-corrected chi connectivity index (χ2v) is 13.4. The van der Waals surface area contributed by atoms with E-state index in [1.54, 1.807) is 4.68 Å². The Labute approximate surface area is 222 Å². The van der Waals surface area contributed by atoms with E-state index in [2.05, 4.69) is 45.0 Å². The lowest BCUT2D eigenvalue weighted by Gasteiger charge is -2.62. The van der Waals surface area contributed by atoms with Gasteiger partial charge in [-0.05, 0) is 92.2 Å². The van der Waals surface area contributed by atoms with E-state index < -0.39 is 17.6 Å². The average molecular weight is 514 g/mol. The van der Waals surface area contributed by atoms with E-state index >= 15 is 0 Å². The molecule has 8 atom stereocenters. The predicted molar refractivity (Wildman–Crippen MR) is 142 cm³/mol. The minimum absolute atomic E-state index is 0.0369. The van der Waals surface area contributed by atoms with Crippen molar-refractivity contribution in [1.29, 1.82) is 0 Å². The summed E-state index contributed by atoms with van der Waals surface area (Å²) < 4.78 is 8.11. The molecule has 4 aliphatic rings. The second-order valence-electron chi connectivity index (χ2n) is 13.4. The molecule has 1 saturated heterocycles. The molecule has 2 N–H and O–H groups in total. The number of ketones is 1. The maximum atomic E-state index is 13.6. The molecule has 0 spiro atoms. The minimum atomic E-state index is -0.538. The molecule has 1 aromatic heterocycles. The largest absolute Gasteiger partial charge is 0.460 e. The fourth-order valence-corrected chi connectivity index (χ4v) is 8.87. The number of nitrogens with zero attached hydrogens (tertiary/aromatic N) is 2. The van der Waals surface area contributed by atoms with Crippen LogP contribution in [0.4, 0.5) is 0 Å². The van der Waals surface area contributed by atoms with Crippen molar-refractivity contribution >= 4 is 11.8 Å². The number of carbonyl (C=O) groups is 2. The van der Waals surface area contributed by atoms with Gasteiger partial charge in [-0.3, -0.25) is 14.3 Å². The van der Waals surface area contributed by atoms with Gasteiger partial charge in [-0.1, -0.05) is 34.6 Å². The summed E-state index contributed by atoms with van der Waals surface area (Å²) in [5.41, 5.74) is 0.132. The van der Waals surface area contributed by atoms with Gasteiger partial charge >= 0.3 is 5.97 Å². The zero-order valence-corrected chi connectivity index (χ0v) is 23.5. The number of aliphatic hydroxyl groups excluding tert-OH is 1. The van der Waals surface area contributed by atoms with Crippen LogP contribution in [0.5, 0.6) is 0 Å². The molecule has 1 aromatic rings. The second kappa shape index (κ2) is 9.78. The number of Topliss-reactive ketones (excluding diaryl/α,β-unsaturated/α-hetero) is 1. The Bertz CT molecular complexity index is 1020. The number of piperidine rings is 1. The highest BCUT2D eigenvalue weighted by atomic mass is 16.5. The lowest BCUT2D eigenvalue weighted by molar-refractivity contribution is -0.212. The molecule has 5 rings (SSSR count). The summed E-state index contributed by atoms with van der Waals surface area (Å²) >= 11 is 0. The van der Waals surface area contributed by atoms with Gasteiger partial charge in [0.2, 0.25) is 0 Å². The summed E-state index contributed by atoms with van der Waals surface area (Å²) in [6.45, 7) is 13.0. The van der Waals surface area contributed by atoms with Crippen LogP contribution < -0.4 is 5.32 Å². The predicted octanol–water partition coefficient (Wildman–Crippen LogP) is 4.48. The monoisotopic (exact) mass is 513 g/mol. The van der Waals surface area contributed by atoms with Crippen molar-refractivity contribution in [3.8, 4) is 0 Å². The van der Waals surface area contributed by atoms with E-state index in [0.717, 1.165) is 51.6 Å². The van der Waals surface area contributed by atoms with Gasteiger partial charge in [0.15, 0.2) is 0 Å². The van der Waals surface area contributed by atoms with Crippen LogP contribution in [0, 0.1) is 34.0 Å². The first-order chi connectivity index (χ1) is 17.5. The summed E-state index contributed by atoms with van der Waals surface area (Å²) in [7, 11) is 0. The molecule has 7 heteroatoms. The molecule has 0 aromatic carbocycles. The quantitative estimate of drug-likeness (QED) is 0.564. The van der Waals surface area contributed by atoms with Crippen molar-refractivity contribution < 1.29 is 19.4 Å². The maximum absolute atomic E-state index is 13.6. The van der Waals surface area contributed by atoms with Crippen molar-refractivity contribution in [2.75, 3.05) is 13.1 Å². The topological polar surface area (TPSA) is 93.5 Å². The summed E-state index contributed by atoms with van der Waals surface area (Å²) in [4.78, 5) is 27.0. The smallest absolute Gasteiger partial charge is 0.328 e. The van der Waals surface area contributed by atoms with Crippen LogP contribution >= 0.6 is 0 Å². The number of carbonyl (C=O) groups excluding carboxylic acids is 2. The number of nitrogens with one attached hydrogen (secondary N) is 1. The maximum Gasteiger partial charge on any atom is 0.328 e. The Hall–Kier alpha value is -1.73. The Morgan fingerprint density at radius 3 is 2.65 bits per heavy atom. The number of esters is 1. The minimum Gasteiger partial charge on any atom is -0.460 e. The number of rotatable bonds is 5. The number of hydrogen-bond donors (Lipinski definition) is 2. The first kappa shape index (κ1) is 26.9. The molecule has 4 fully saturated rings. The third-order valence-corrected chi connectivity index (χ3v) is 11.7. The lowest BCUT2D eigenvalue weighted by Crippen LogP contribution is -2.63. The van der Waals surface area contributed by atoms with Gasteiger partial charge < -0.3 is 15.2 Å². The molecule has 37 heavy (non-hydrogen) atoms. The zero-order valence-electron chi connectivity index (χ0n) is 23.5. The van der Waals surface area contributed by atoms with Crippen molar-refractivity contribution in [3.05, 3.63) is 18.0 Å². The summed E-state index contributed by atoms with van der Waals surface area (Å²) in [6, 6.07) is 0. The molecule has 2 bridgehead atoms. The molecule has 3 saturated carbocycles. The average Bonchev–Trinajstić information content (AvgIpc) is 3.50. The van der Waals surface area contributed by atoms with E-state index in [9.17, 15) is 14.7 Å². The molecular weight excluding hydrogens is 466 g/mol. The van der Waals surface area contributed by atoms with Gasteiger partial charge in [0, 0.05) is 24.0 Å². The van der Waals surface area contributed by atoms with Gasteiger partial charge in [-0.25, -0.2) is 0 Å². The van der Waals surface area contributed by atoms with E-state index in [-0.39, 0.29) is 41.1 Å². The van der Waals surface area contributed by atoms with Crippen LogP contribution in [-0.2, 0) is 20.9 Å². The molecule has 206 valence electrons. The normalized spacial score (nSPS) is 42.6. The third-order valence-electron chi connectivity index (χ3n) is 11.7. The Morgan fingerprint density at radius 1 is 1.22 bits per heavy atom. The Balaban J connectivity index is 1.44. The van der Waals surface area contributed by atoms with E-state index in [1.807, 2.05) is 12.4 Å².